The maximum Gasteiger partial charge on any atom is 0.334 e. The van der Waals surface area contributed by atoms with Crippen molar-refractivity contribution in [2.75, 3.05) is 6.61 Å². The summed E-state index contributed by atoms with van der Waals surface area (Å²) in [6, 6.07) is 0. The van der Waals surface area contributed by atoms with Crippen molar-refractivity contribution in [3.8, 4) is 0 Å². The number of esters is 2. The molecule has 1 aliphatic heterocycles. The minimum Gasteiger partial charge on any atom is -0.465 e. The van der Waals surface area contributed by atoms with Crippen LogP contribution in [0.2, 0.25) is 0 Å². The molecular weight excluding hydrogens is 292 g/mol. The third kappa shape index (κ3) is 6.76. The highest BCUT2D eigenvalue weighted by atomic mass is 16.6. The van der Waals surface area contributed by atoms with E-state index in [-0.39, 0.29) is 11.5 Å². The first kappa shape index (κ1) is 19.7. The van der Waals surface area contributed by atoms with Crippen molar-refractivity contribution in [2.24, 2.45) is 5.92 Å². The average Bonchev–Trinajstić information content (AvgIpc) is 2.80. The molecule has 0 amide bonds. The lowest BCUT2D eigenvalue weighted by atomic mass is 9.93. The van der Waals surface area contributed by atoms with Crippen molar-refractivity contribution in [1.29, 1.82) is 0 Å². The van der Waals surface area contributed by atoms with Gasteiger partial charge in [-0.2, -0.15) is 0 Å². The molecule has 0 spiro atoms. The Kier molecular flexibility index (Phi) is 9.65. The lowest BCUT2D eigenvalue weighted by Gasteiger charge is -2.16. The van der Waals surface area contributed by atoms with Crippen molar-refractivity contribution in [1.82, 2.24) is 0 Å². The fourth-order valence-electron chi connectivity index (χ4n) is 3.04. The number of carbonyl (C=O) groups excluding carboxylic acids is 2. The standard InChI is InChI=1S/C19H32O4/c1-4-6-7-8-9-10-11-12-13-14-16-17(19(21)22-5-2)15(3)18(20)23-16/h16-17H,3-14H2,1-2H3/t16-,17+/m1/s1. The topological polar surface area (TPSA) is 52.6 Å². The Morgan fingerprint density at radius 1 is 1.04 bits per heavy atom. The summed E-state index contributed by atoms with van der Waals surface area (Å²) in [5.74, 6) is -1.45. The summed E-state index contributed by atoms with van der Waals surface area (Å²) < 4.78 is 10.3. The molecule has 0 aliphatic carbocycles. The van der Waals surface area contributed by atoms with Crippen LogP contribution in [0.4, 0.5) is 0 Å². The molecule has 4 heteroatoms. The molecule has 0 N–H and O–H groups in total. The van der Waals surface area contributed by atoms with Gasteiger partial charge < -0.3 is 9.47 Å². The van der Waals surface area contributed by atoms with E-state index in [1.807, 2.05) is 0 Å². The Labute approximate surface area is 140 Å². The van der Waals surface area contributed by atoms with Gasteiger partial charge in [0, 0.05) is 5.57 Å². The molecule has 0 aromatic carbocycles. The molecule has 0 radical (unpaired) electrons. The number of unbranched alkanes of at least 4 members (excludes halogenated alkanes) is 8. The summed E-state index contributed by atoms with van der Waals surface area (Å²) in [4.78, 5) is 23.6. The highest BCUT2D eigenvalue weighted by Crippen LogP contribution is 2.31. The van der Waals surface area contributed by atoms with Crippen molar-refractivity contribution < 1.29 is 19.1 Å². The summed E-state index contributed by atoms with van der Waals surface area (Å²) >= 11 is 0. The Morgan fingerprint density at radius 2 is 1.61 bits per heavy atom. The van der Waals surface area contributed by atoms with Crippen LogP contribution in [-0.4, -0.2) is 24.6 Å². The summed E-state index contributed by atoms with van der Waals surface area (Å²) in [6.45, 7) is 7.98. The zero-order chi connectivity index (χ0) is 17.1. The first-order valence-corrected chi connectivity index (χ1v) is 9.18. The van der Waals surface area contributed by atoms with Crippen LogP contribution in [-0.2, 0) is 19.1 Å². The van der Waals surface area contributed by atoms with Gasteiger partial charge in [-0.1, -0.05) is 64.9 Å². The zero-order valence-corrected chi connectivity index (χ0v) is 14.8. The maximum absolute atomic E-state index is 12.0. The van der Waals surface area contributed by atoms with Crippen LogP contribution in [0.5, 0.6) is 0 Å². The van der Waals surface area contributed by atoms with E-state index >= 15 is 0 Å². The third-order valence-corrected chi connectivity index (χ3v) is 4.40. The minimum absolute atomic E-state index is 0.240. The van der Waals surface area contributed by atoms with E-state index in [4.69, 9.17) is 9.47 Å². The molecular formula is C19H32O4. The molecule has 0 saturated carbocycles. The van der Waals surface area contributed by atoms with Gasteiger partial charge in [0.2, 0.25) is 0 Å². The van der Waals surface area contributed by atoms with Crippen molar-refractivity contribution in [3.63, 3.8) is 0 Å². The van der Waals surface area contributed by atoms with Gasteiger partial charge in [0.05, 0.1) is 6.61 Å². The van der Waals surface area contributed by atoms with Crippen LogP contribution >= 0.6 is 0 Å². The molecule has 0 bridgehead atoms. The molecule has 1 rings (SSSR count). The van der Waals surface area contributed by atoms with Crippen LogP contribution in [0.1, 0.15) is 78.1 Å². The Hall–Kier alpha value is -1.32. The third-order valence-electron chi connectivity index (χ3n) is 4.40. The lowest BCUT2D eigenvalue weighted by molar-refractivity contribution is -0.149. The van der Waals surface area contributed by atoms with E-state index in [0.717, 1.165) is 12.8 Å². The maximum atomic E-state index is 12.0. The Balaban J connectivity index is 2.21. The van der Waals surface area contributed by atoms with Crippen LogP contribution in [0.3, 0.4) is 0 Å². The second kappa shape index (κ2) is 11.3. The molecule has 1 saturated heterocycles. The molecule has 0 unspecified atom stereocenters. The van der Waals surface area contributed by atoms with Crippen molar-refractivity contribution in [3.05, 3.63) is 12.2 Å². The van der Waals surface area contributed by atoms with Crippen LogP contribution in [0.25, 0.3) is 0 Å². The first-order chi connectivity index (χ1) is 11.1. The molecule has 2 atom stereocenters. The van der Waals surface area contributed by atoms with Crippen LogP contribution in [0.15, 0.2) is 12.2 Å². The molecule has 4 nitrogen and oxygen atoms in total. The van der Waals surface area contributed by atoms with Crippen molar-refractivity contribution in [2.45, 2.75) is 84.2 Å². The lowest BCUT2D eigenvalue weighted by Crippen LogP contribution is -2.27. The number of hydrogen-bond acceptors (Lipinski definition) is 4. The highest BCUT2D eigenvalue weighted by molar-refractivity contribution is 5.98. The zero-order valence-electron chi connectivity index (χ0n) is 14.8. The van der Waals surface area contributed by atoms with Gasteiger partial charge in [0.15, 0.2) is 0 Å². The van der Waals surface area contributed by atoms with Gasteiger partial charge in [-0.3, -0.25) is 4.79 Å². The number of rotatable bonds is 12. The SMILES string of the molecule is C=C1C(=O)O[C@H](CCCCCCCCCCC)[C@H]1C(=O)OCC. The number of ether oxygens (including phenoxy) is 2. The van der Waals surface area contributed by atoms with E-state index < -0.39 is 18.0 Å². The van der Waals surface area contributed by atoms with Gasteiger partial charge >= 0.3 is 11.9 Å². The predicted octanol–water partition coefficient (Wildman–Crippen LogP) is 4.57. The first-order valence-electron chi connectivity index (χ1n) is 9.18. The van der Waals surface area contributed by atoms with Crippen LogP contribution < -0.4 is 0 Å². The van der Waals surface area contributed by atoms with E-state index in [1.54, 1.807) is 6.92 Å². The molecule has 132 valence electrons. The minimum atomic E-state index is -0.614. The summed E-state index contributed by atoms with van der Waals surface area (Å²) in [5.41, 5.74) is 0.240. The molecule has 1 aliphatic rings. The predicted molar refractivity (Wildman–Crippen MR) is 91.0 cm³/mol. The largest absolute Gasteiger partial charge is 0.465 e. The van der Waals surface area contributed by atoms with Gasteiger partial charge in [0.25, 0.3) is 0 Å². The molecule has 1 fully saturated rings. The fourth-order valence-corrected chi connectivity index (χ4v) is 3.04. The van der Waals surface area contributed by atoms with Gasteiger partial charge in [-0.25, -0.2) is 4.79 Å². The monoisotopic (exact) mass is 324 g/mol. The average molecular weight is 324 g/mol. The van der Waals surface area contributed by atoms with E-state index in [9.17, 15) is 9.59 Å². The smallest absolute Gasteiger partial charge is 0.334 e. The Bertz CT molecular complexity index is 389. The van der Waals surface area contributed by atoms with E-state index in [0.29, 0.717) is 13.0 Å². The number of carbonyl (C=O) groups is 2. The van der Waals surface area contributed by atoms with E-state index in [2.05, 4.69) is 13.5 Å². The normalized spacial score (nSPS) is 20.6. The highest BCUT2D eigenvalue weighted by Gasteiger charge is 2.43. The second-order valence-corrected chi connectivity index (χ2v) is 6.32. The number of cyclic esters (lactones) is 1. The summed E-state index contributed by atoms with van der Waals surface area (Å²) in [5, 5.41) is 0. The molecule has 23 heavy (non-hydrogen) atoms. The quantitative estimate of drug-likeness (QED) is 0.300. The number of hydrogen-bond donors (Lipinski definition) is 0. The second-order valence-electron chi connectivity index (χ2n) is 6.32. The molecule has 0 aromatic rings. The fraction of sp³-hybridized carbons (Fsp3) is 0.789. The van der Waals surface area contributed by atoms with Gasteiger partial charge in [-0.15, -0.1) is 0 Å². The van der Waals surface area contributed by atoms with E-state index in [1.165, 1.54) is 44.9 Å². The van der Waals surface area contributed by atoms with Crippen LogP contribution in [0, 0.1) is 5.92 Å². The van der Waals surface area contributed by atoms with Gasteiger partial charge in [0.1, 0.15) is 12.0 Å². The molecule has 0 aromatic heterocycles. The van der Waals surface area contributed by atoms with Crippen molar-refractivity contribution >= 4 is 11.9 Å². The molecule has 1 heterocycles. The summed E-state index contributed by atoms with van der Waals surface area (Å²) in [7, 11) is 0. The summed E-state index contributed by atoms with van der Waals surface area (Å²) in [6.07, 6.45) is 11.5. The van der Waals surface area contributed by atoms with Gasteiger partial charge in [-0.05, 0) is 19.8 Å². The Morgan fingerprint density at radius 3 is 2.17 bits per heavy atom.